The molecular formula is C15H19N3O2. The monoisotopic (exact) mass is 273 g/mol. The minimum absolute atomic E-state index is 0.102. The average Bonchev–Trinajstić information content (AvgIpc) is 3.01. The Bertz CT molecular complexity index is 506. The van der Waals surface area contributed by atoms with Crippen molar-refractivity contribution in [3.8, 4) is 6.07 Å². The van der Waals surface area contributed by atoms with Gasteiger partial charge < -0.3 is 14.6 Å². The molecule has 106 valence electrons. The Balaban J connectivity index is 1.87. The summed E-state index contributed by atoms with van der Waals surface area (Å²) in [7, 11) is 0. The largest absolute Gasteiger partial charge is 0.372 e. The van der Waals surface area contributed by atoms with Crippen LogP contribution in [0.5, 0.6) is 0 Å². The molecule has 2 aliphatic rings. The Morgan fingerprint density at radius 3 is 2.95 bits per heavy atom. The van der Waals surface area contributed by atoms with Gasteiger partial charge in [0.15, 0.2) is 0 Å². The lowest BCUT2D eigenvalue weighted by Gasteiger charge is -2.48. The van der Waals surface area contributed by atoms with Crippen LogP contribution in [0.4, 0.5) is 0 Å². The average molecular weight is 273 g/mol. The smallest absolute Gasteiger partial charge is 0.271 e. The first-order valence-electron chi connectivity index (χ1n) is 7.25. The minimum Gasteiger partial charge on any atom is -0.372 e. The third kappa shape index (κ3) is 2.10. The van der Waals surface area contributed by atoms with Crippen LogP contribution in [0.25, 0.3) is 0 Å². The van der Waals surface area contributed by atoms with Crippen molar-refractivity contribution in [2.75, 3.05) is 13.2 Å². The van der Waals surface area contributed by atoms with Gasteiger partial charge in [-0.3, -0.25) is 4.79 Å². The number of ether oxygens (including phenoxy) is 1. The van der Waals surface area contributed by atoms with E-state index in [1.54, 1.807) is 23.2 Å². The third-order valence-electron chi connectivity index (χ3n) is 4.40. The number of nitriles is 1. The number of H-pyrrole nitrogens is 1. The highest BCUT2D eigenvalue weighted by Gasteiger charge is 2.48. The van der Waals surface area contributed by atoms with Crippen molar-refractivity contribution in [1.82, 2.24) is 9.88 Å². The van der Waals surface area contributed by atoms with Crippen LogP contribution in [0.1, 0.15) is 42.6 Å². The maximum atomic E-state index is 12.5. The molecule has 0 bridgehead atoms. The quantitative estimate of drug-likeness (QED) is 0.851. The molecule has 1 amide bonds. The second-order valence-electron chi connectivity index (χ2n) is 5.59. The summed E-state index contributed by atoms with van der Waals surface area (Å²) >= 11 is 0. The van der Waals surface area contributed by atoms with E-state index in [1.165, 1.54) is 0 Å². The highest BCUT2D eigenvalue weighted by atomic mass is 16.5. The second kappa shape index (κ2) is 5.29. The Kier molecular flexibility index (Phi) is 3.49. The predicted octanol–water partition coefficient (Wildman–Crippen LogP) is 2.08. The van der Waals surface area contributed by atoms with Gasteiger partial charge in [0.05, 0.1) is 6.07 Å². The molecule has 0 aromatic carbocycles. The van der Waals surface area contributed by atoms with Gasteiger partial charge in [0.2, 0.25) is 0 Å². The molecule has 0 radical (unpaired) electrons. The van der Waals surface area contributed by atoms with Crippen LogP contribution in [0.2, 0.25) is 0 Å². The van der Waals surface area contributed by atoms with Crippen molar-refractivity contribution >= 4 is 5.91 Å². The number of hydrogen-bond acceptors (Lipinski definition) is 3. The lowest BCUT2D eigenvalue weighted by atomic mass is 9.79. The Morgan fingerprint density at radius 1 is 1.45 bits per heavy atom. The second-order valence-corrected chi connectivity index (χ2v) is 5.59. The molecular weight excluding hydrogens is 254 g/mol. The van der Waals surface area contributed by atoms with E-state index in [2.05, 4.69) is 11.1 Å². The Labute approximate surface area is 118 Å². The van der Waals surface area contributed by atoms with E-state index in [0.29, 0.717) is 18.8 Å². The number of carbonyl (C=O) groups is 1. The van der Waals surface area contributed by atoms with Crippen LogP contribution in [0, 0.1) is 11.3 Å². The molecule has 1 aromatic rings. The number of hydrogen-bond donors (Lipinski definition) is 1. The summed E-state index contributed by atoms with van der Waals surface area (Å²) < 4.78 is 5.98. The maximum absolute atomic E-state index is 12.5. The highest BCUT2D eigenvalue weighted by molar-refractivity contribution is 5.93. The molecule has 1 N–H and O–H groups in total. The summed E-state index contributed by atoms with van der Waals surface area (Å²) in [4.78, 5) is 17.2. The van der Waals surface area contributed by atoms with Crippen LogP contribution < -0.4 is 0 Å². The standard InChI is InChI=1S/C15H19N3O2/c16-11-13-15(6-1-2-10-20-15)7-4-9-18(13)14(19)12-5-3-8-17-12/h3,5,8,13,17H,1-2,4,6-7,9-10H2/t13-,15+/m1/s1. The molecule has 3 rings (SSSR count). The van der Waals surface area contributed by atoms with Gasteiger partial charge in [-0.1, -0.05) is 0 Å². The SMILES string of the molecule is N#C[C@H]1N(C(=O)c2ccc[nH]2)CCC[C@@]12CCCCO2. The minimum atomic E-state index is -0.479. The van der Waals surface area contributed by atoms with E-state index in [-0.39, 0.29) is 5.91 Å². The zero-order valence-electron chi connectivity index (χ0n) is 11.5. The fraction of sp³-hybridized carbons (Fsp3) is 0.600. The fourth-order valence-electron chi connectivity index (χ4n) is 3.41. The van der Waals surface area contributed by atoms with Crippen molar-refractivity contribution < 1.29 is 9.53 Å². The Morgan fingerprint density at radius 2 is 2.30 bits per heavy atom. The molecule has 2 saturated heterocycles. The topological polar surface area (TPSA) is 69.1 Å². The zero-order valence-corrected chi connectivity index (χ0v) is 11.5. The number of rotatable bonds is 1. The third-order valence-corrected chi connectivity index (χ3v) is 4.40. The number of nitrogens with zero attached hydrogens (tertiary/aromatic N) is 2. The van der Waals surface area contributed by atoms with Crippen molar-refractivity contribution in [2.24, 2.45) is 0 Å². The van der Waals surface area contributed by atoms with Crippen molar-refractivity contribution in [3.63, 3.8) is 0 Å². The summed E-state index contributed by atoms with van der Waals surface area (Å²) in [5.41, 5.74) is 0.0890. The van der Waals surface area contributed by atoms with Gasteiger partial charge in [0.1, 0.15) is 17.3 Å². The lowest BCUT2D eigenvalue weighted by molar-refractivity contribution is -0.128. The first-order valence-corrected chi connectivity index (χ1v) is 7.25. The number of likely N-dealkylation sites (tertiary alicyclic amines) is 1. The molecule has 5 nitrogen and oxygen atoms in total. The van der Waals surface area contributed by atoms with Crippen LogP contribution in [-0.4, -0.2) is 40.6 Å². The van der Waals surface area contributed by atoms with E-state index in [0.717, 1.165) is 32.1 Å². The molecule has 0 aliphatic carbocycles. The maximum Gasteiger partial charge on any atom is 0.271 e. The molecule has 20 heavy (non-hydrogen) atoms. The number of piperidine rings is 1. The van der Waals surface area contributed by atoms with E-state index in [4.69, 9.17) is 4.74 Å². The number of carbonyl (C=O) groups excluding carboxylic acids is 1. The van der Waals surface area contributed by atoms with Gasteiger partial charge in [-0.15, -0.1) is 0 Å². The van der Waals surface area contributed by atoms with Gasteiger partial charge in [-0.2, -0.15) is 5.26 Å². The lowest BCUT2D eigenvalue weighted by Crippen LogP contribution is -2.60. The molecule has 1 aromatic heterocycles. The molecule has 2 aliphatic heterocycles. The van der Waals surface area contributed by atoms with Gasteiger partial charge in [0.25, 0.3) is 5.91 Å². The van der Waals surface area contributed by atoms with E-state index in [9.17, 15) is 10.1 Å². The summed E-state index contributed by atoms with van der Waals surface area (Å²) in [5.74, 6) is -0.102. The zero-order chi connectivity index (χ0) is 14.0. The fourth-order valence-corrected chi connectivity index (χ4v) is 3.41. The number of aromatic nitrogens is 1. The van der Waals surface area contributed by atoms with E-state index in [1.807, 2.05) is 0 Å². The molecule has 5 heteroatoms. The first-order chi connectivity index (χ1) is 9.77. The van der Waals surface area contributed by atoms with Gasteiger partial charge >= 0.3 is 0 Å². The molecule has 1 spiro atoms. The van der Waals surface area contributed by atoms with Gasteiger partial charge in [0, 0.05) is 19.3 Å². The highest BCUT2D eigenvalue weighted by Crippen LogP contribution is 2.38. The molecule has 2 fully saturated rings. The Hall–Kier alpha value is -1.80. The summed E-state index contributed by atoms with van der Waals surface area (Å²) in [6.07, 6.45) is 6.49. The first kappa shape index (κ1) is 13.2. The van der Waals surface area contributed by atoms with Crippen LogP contribution in [0.3, 0.4) is 0 Å². The summed E-state index contributed by atoms with van der Waals surface area (Å²) in [5, 5.41) is 9.59. The van der Waals surface area contributed by atoms with Crippen molar-refractivity contribution in [2.45, 2.75) is 43.7 Å². The van der Waals surface area contributed by atoms with Crippen LogP contribution >= 0.6 is 0 Å². The van der Waals surface area contributed by atoms with Crippen LogP contribution in [0.15, 0.2) is 18.3 Å². The van der Waals surface area contributed by atoms with Gasteiger partial charge in [-0.25, -0.2) is 0 Å². The van der Waals surface area contributed by atoms with E-state index < -0.39 is 11.6 Å². The molecule has 2 atom stereocenters. The number of nitrogens with one attached hydrogen (secondary N) is 1. The predicted molar refractivity (Wildman–Crippen MR) is 73.0 cm³/mol. The number of aromatic amines is 1. The van der Waals surface area contributed by atoms with Crippen molar-refractivity contribution in [3.05, 3.63) is 24.0 Å². The molecule has 3 heterocycles. The summed E-state index contributed by atoms with van der Waals surface area (Å²) in [6, 6.07) is 5.39. The summed E-state index contributed by atoms with van der Waals surface area (Å²) in [6.45, 7) is 1.32. The molecule has 0 saturated carbocycles. The van der Waals surface area contributed by atoms with Crippen LogP contribution in [-0.2, 0) is 4.74 Å². The molecule has 0 unspecified atom stereocenters. The van der Waals surface area contributed by atoms with E-state index >= 15 is 0 Å². The normalized spacial score (nSPS) is 30.1. The van der Waals surface area contributed by atoms with Gasteiger partial charge in [-0.05, 0) is 44.2 Å². The number of amides is 1. The van der Waals surface area contributed by atoms with Crippen molar-refractivity contribution in [1.29, 1.82) is 5.26 Å².